The predicted molar refractivity (Wildman–Crippen MR) is 96.5 cm³/mol. The van der Waals surface area contributed by atoms with Gasteiger partial charge in [-0.05, 0) is 16.5 Å². The van der Waals surface area contributed by atoms with Crippen LogP contribution in [0.1, 0.15) is 31.9 Å². The summed E-state index contributed by atoms with van der Waals surface area (Å²) in [7, 11) is 0. The smallest absolute Gasteiger partial charge is 0.266 e. The molecule has 4 nitrogen and oxygen atoms in total. The molecule has 0 aromatic heterocycles. The van der Waals surface area contributed by atoms with Gasteiger partial charge in [-0.1, -0.05) is 81.4 Å². The van der Waals surface area contributed by atoms with Crippen LogP contribution in [0.4, 0.5) is 0 Å². The SMILES string of the molecule is CC(C)(C)CN1C(=O)C(c2ccccc2)(c2ccccc2)N=C1N. The fraction of sp³-hybridized carbons (Fsp3) is 0.300. The number of carbonyl (C=O) groups excluding carboxylic acids is 1. The van der Waals surface area contributed by atoms with Gasteiger partial charge >= 0.3 is 0 Å². The predicted octanol–water partition coefficient (Wildman–Crippen LogP) is 3.13. The van der Waals surface area contributed by atoms with E-state index < -0.39 is 5.54 Å². The molecule has 4 heteroatoms. The zero-order chi connectivity index (χ0) is 17.4. The van der Waals surface area contributed by atoms with Crippen molar-refractivity contribution < 1.29 is 4.79 Å². The summed E-state index contributed by atoms with van der Waals surface area (Å²) in [5.74, 6) is 0.190. The molecule has 0 fully saturated rings. The summed E-state index contributed by atoms with van der Waals surface area (Å²) in [4.78, 5) is 19.7. The molecule has 2 N–H and O–H groups in total. The normalized spacial score (nSPS) is 17.0. The molecule has 2 aromatic carbocycles. The van der Waals surface area contributed by atoms with Crippen LogP contribution in [0.5, 0.6) is 0 Å². The maximum Gasteiger partial charge on any atom is 0.266 e. The summed E-state index contributed by atoms with van der Waals surface area (Å²) < 4.78 is 0. The first-order chi connectivity index (χ1) is 11.3. The molecule has 1 aliphatic heterocycles. The van der Waals surface area contributed by atoms with E-state index in [0.717, 1.165) is 11.1 Å². The minimum absolute atomic E-state index is 0.0702. The van der Waals surface area contributed by atoms with Gasteiger partial charge in [-0.15, -0.1) is 0 Å². The Hall–Kier alpha value is -2.62. The van der Waals surface area contributed by atoms with Crippen LogP contribution in [0.15, 0.2) is 65.7 Å². The lowest BCUT2D eigenvalue weighted by atomic mass is 9.82. The molecule has 0 aliphatic carbocycles. The van der Waals surface area contributed by atoms with E-state index in [-0.39, 0.29) is 17.3 Å². The molecule has 0 bridgehead atoms. The Balaban J connectivity index is 2.17. The zero-order valence-corrected chi connectivity index (χ0v) is 14.4. The van der Waals surface area contributed by atoms with Gasteiger partial charge in [0.15, 0.2) is 11.5 Å². The van der Waals surface area contributed by atoms with Crippen molar-refractivity contribution in [2.75, 3.05) is 6.54 Å². The first-order valence-electron chi connectivity index (χ1n) is 8.13. The van der Waals surface area contributed by atoms with Gasteiger partial charge in [-0.2, -0.15) is 0 Å². The lowest BCUT2D eigenvalue weighted by Crippen LogP contribution is -2.46. The molecule has 24 heavy (non-hydrogen) atoms. The second-order valence-corrected chi connectivity index (χ2v) is 7.36. The maximum absolute atomic E-state index is 13.4. The molecular formula is C20H23N3O. The number of aliphatic imine (C=N–C) groups is 1. The second kappa shape index (κ2) is 5.78. The summed E-state index contributed by atoms with van der Waals surface area (Å²) in [6.07, 6.45) is 0. The largest absolute Gasteiger partial charge is 0.369 e. The number of hydrogen-bond acceptors (Lipinski definition) is 3. The molecule has 2 aromatic rings. The minimum atomic E-state index is -1.10. The molecule has 1 heterocycles. The van der Waals surface area contributed by atoms with Gasteiger partial charge in [0.25, 0.3) is 5.91 Å². The monoisotopic (exact) mass is 321 g/mol. The van der Waals surface area contributed by atoms with E-state index in [1.54, 1.807) is 4.90 Å². The molecule has 0 saturated carbocycles. The summed E-state index contributed by atoms with van der Waals surface area (Å²) >= 11 is 0. The number of guanidine groups is 1. The van der Waals surface area contributed by atoms with Gasteiger partial charge in [0.1, 0.15) is 0 Å². The average Bonchev–Trinajstić information content (AvgIpc) is 2.81. The van der Waals surface area contributed by atoms with Gasteiger partial charge in [0.2, 0.25) is 0 Å². The third-order valence-corrected chi connectivity index (χ3v) is 4.13. The Morgan fingerprint density at radius 2 is 1.42 bits per heavy atom. The van der Waals surface area contributed by atoms with E-state index in [1.807, 2.05) is 60.7 Å². The van der Waals surface area contributed by atoms with Crippen LogP contribution in [-0.4, -0.2) is 23.3 Å². The van der Waals surface area contributed by atoms with Crippen LogP contribution in [0.3, 0.4) is 0 Å². The molecule has 3 rings (SSSR count). The molecule has 0 saturated heterocycles. The molecular weight excluding hydrogens is 298 g/mol. The van der Waals surface area contributed by atoms with Gasteiger partial charge < -0.3 is 5.73 Å². The molecule has 0 radical (unpaired) electrons. The second-order valence-electron chi connectivity index (χ2n) is 7.36. The first-order valence-corrected chi connectivity index (χ1v) is 8.13. The summed E-state index contributed by atoms with van der Waals surface area (Å²) in [6, 6.07) is 19.3. The Kier molecular flexibility index (Phi) is 3.91. The van der Waals surface area contributed by atoms with Gasteiger partial charge in [0.05, 0.1) is 0 Å². The number of nitrogens with two attached hydrogens (primary N) is 1. The number of hydrogen-bond donors (Lipinski definition) is 1. The fourth-order valence-electron chi connectivity index (χ4n) is 3.11. The van der Waals surface area contributed by atoms with E-state index >= 15 is 0 Å². The highest BCUT2D eigenvalue weighted by Gasteiger charge is 2.50. The van der Waals surface area contributed by atoms with Crippen molar-refractivity contribution in [2.45, 2.75) is 26.3 Å². The lowest BCUT2D eigenvalue weighted by Gasteiger charge is -2.30. The van der Waals surface area contributed by atoms with Crippen LogP contribution in [-0.2, 0) is 10.3 Å². The first kappa shape index (κ1) is 16.2. The van der Waals surface area contributed by atoms with E-state index in [2.05, 4.69) is 25.8 Å². The standard InChI is InChI=1S/C20H23N3O/c1-19(2,3)14-23-17(24)20(22-18(23)21,15-10-6-4-7-11-15)16-12-8-5-9-13-16/h4-13H,14H2,1-3H3,(H2,21,22). The van der Waals surface area contributed by atoms with Crippen LogP contribution >= 0.6 is 0 Å². The van der Waals surface area contributed by atoms with E-state index in [1.165, 1.54) is 0 Å². The Labute approximate surface area is 143 Å². The van der Waals surface area contributed by atoms with Crippen molar-refractivity contribution in [3.63, 3.8) is 0 Å². The molecule has 0 atom stereocenters. The van der Waals surface area contributed by atoms with Crippen molar-refractivity contribution in [3.8, 4) is 0 Å². The van der Waals surface area contributed by atoms with E-state index in [4.69, 9.17) is 5.73 Å². The molecule has 0 unspecified atom stereocenters. The number of rotatable bonds is 3. The topological polar surface area (TPSA) is 58.7 Å². The van der Waals surface area contributed by atoms with Crippen LogP contribution in [0.2, 0.25) is 0 Å². The van der Waals surface area contributed by atoms with Gasteiger partial charge in [-0.3, -0.25) is 9.69 Å². The zero-order valence-electron chi connectivity index (χ0n) is 14.4. The van der Waals surface area contributed by atoms with Gasteiger partial charge in [0, 0.05) is 6.54 Å². The number of amides is 1. The van der Waals surface area contributed by atoms with Crippen molar-refractivity contribution >= 4 is 11.9 Å². The number of carbonyl (C=O) groups is 1. The highest BCUT2D eigenvalue weighted by molar-refractivity contribution is 6.09. The lowest BCUT2D eigenvalue weighted by molar-refractivity contribution is -0.131. The summed E-state index contributed by atoms with van der Waals surface area (Å²) in [5.41, 5.74) is 6.68. The molecule has 0 spiro atoms. The average molecular weight is 321 g/mol. The Bertz CT molecular complexity index is 721. The van der Waals surface area contributed by atoms with Crippen molar-refractivity contribution in [1.82, 2.24) is 4.90 Å². The Morgan fingerprint density at radius 3 is 1.83 bits per heavy atom. The highest BCUT2D eigenvalue weighted by Crippen LogP contribution is 2.40. The van der Waals surface area contributed by atoms with Gasteiger partial charge in [-0.25, -0.2) is 4.99 Å². The summed E-state index contributed by atoms with van der Waals surface area (Å²) in [6.45, 7) is 6.78. The van der Waals surface area contributed by atoms with Crippen molar-refractivity contribution in [3.05, 3.63) is 71.8 Å². The minimum Gasteiger partial charge on any atom is -0.369 e. The third-order valence-electron chi connectivity index (χ3n) is 4.13. The fourth-order valence-corrected chi connectivity index (χ4v) is 3.11. The molecule has 1 aliphatic rings. The van der Waals surface area contributed by atoms with Crippen molar-refractivity contribution in [2.24, 2.45) is 16.1 Å². The molecule has 1 amide bonds. The summed E-state index contributed by atoms with van der Waals surface area (Å²) in [5, 5.41) is 0. The highest BCUT2D eigenvalue weighted by atomic mass is 16.2. The third kappa shape index (κ3) is 2.68. The Morgan fingerprint density at radius 1 is 0.958 bits per heavy atom. The van der Waals surface area contributed by atoms with E-state index in [0.29, 0.717) is 6.54 Å². The molecule has 124 valence electrons. The van der Waals surface area contributed by atoms with Crippen LogP contribution in [0.25, 0.3) is 0 Å². The quantitative estimate of drug-likeness (QED) is 0.944. The number of nitrogens with zero attached hydrogens (tertiary/aromatic N) is 2. The number of benzene rings is 2. The van der Waals surface area contributed by atoms with Crippen LogP contribution < -0.4 is 5.73 Å². The van der Waals surface area contributed by atoms with Crippen molar-refractivity contribution in [1.29, 1.82) is 0 Å². The maximum atomic E-state index is 13.4. The van der Waals surface area contributed by atoms with E-state index in [9.17, 15) is 4.79 Å². The van der Waals surface area contributed by atoms with Crippen LogP contribution in [0, 0.1) is 5.41 Å².